The third-order valence-electron chi connectivity index (χ3n) is 2.93. The van der Waals surface area contributed by atoms with Crippen LogP contribution in [-0.4, -0.2) is 41.9 Å². The Morgan fingerprint density at radius 2 is 1.93 bits per heavy atom. The van der Waals surface area contributed by atoms with E-state index in [1.165, 1.54) is 0 Å². The fraction of sp³-hybridized carbons (Fsp3) is 0.818. The van der Waals surface area contributed by atoms with Crippen molar-refractivity contribution in [3.63, 3.8) is 0 Å². The highest BCUT2D eigenvalue weighted by Gasteiger charge is 2.22. The Kier molecular flexibility index (Phi) is 3.75. The van der Waals surface area contributed by atoms with Crippen molar-refractivity contribution in [1.29, 1.82) is 0 Å². The molecule has 0 aromatic rings. The molecule has 0 bridgehead atoms. The summed E-state index contributed by atoms with van der Waals surface area (Å²) >= 11 is 0. The monoisotopic (exact) mass is 214 g/mol. The quantitative estimate of drug-likeness (QED) is 0.675. The Balaban J connectivity index is 1.81. The second kappa shape index (κ2) is 5.07. The van der Waals surface area contributed by atoms with Gasteiger partial charge in [-0.1, -0.05) is 6.08 Å². The summed E-state index contributed by atoms with van der Waals surface area (Å²) in [7, 11) is 0. The molecule has 1 saturated heterocycles. The van der Waals surface area contributed by atoms with E-state index in [-0.39, 0.29) is 6.29 Å². The van der Waals surface area contributed by atoms with Gasteiger partial charge in [-0.2, -0.15) is 0 Å². The molecule has 2 N–H and O–H groups in total. The Labute approximate surface area is 89.5 Å². The van der Waals surface area contributed by atoms with Crippen LogP contribution in [-0.2, 0) is 9.47 Å². The molecule has 2 atom stereocenters. The van der Waals surface area contributed by atoms with Gasteiger partial charge in [-0.25, -0.2) is 0 Å². The molecule has 2 aliphatic rings. The van der Waals surface area contributed by atoms with E-state index >= 15 is 0 Å². The summed E-state index contributed by atoms with van der Waals surface area (Å²) in [6, 6.07) is 0. The van der Waals surface area contributed by atoms with Crippen LogP contribution in [0.5, 0.6) is 0 Å². The molecule has 4 nitrogen and oxygen atoms in total. The van der Waals surface area contributed by atoms with Gasteiger partial charge in [0.15, 0.2) is 6.29 Å². The number of hydrogen-bond donors (Lipinski definition) is 2. The average molecular weight is 214 g/mol. The van der Waals surface area contributed by atoms with Crippen molar-refractivity contribution in [2.24, 2.45) is 0 Å². The molecule has 1 aliphatic heterocycles. The minimum absolute atomic E-state index is 0.128. The number of aliphatic hydroxyl groups is 2. The van der Waals surface area contributed by atoms with E-state index < -0.39 is 12.2 Å². The van der Waals surface area contributed by atoms with Gasteiger partial charge in [0.1, 0.15) is 0 Å². The zero-order valence-electron chi connectivity index (χ0n) is 8.76. The van der Waals surface area contributed by atoms with Gasteiger partial charge in [-0.15, -0.1) is 0 Å². The molecule has 0 radical (unpaired) electrons. The van der Waals surface area contributed by atoms with Gasteiger partial charge < -0.3 is 19.7 Å². The lowest BCUT2D eigenvalue weighted by Gasteiger charge is -2.23. The largest absolute Gasteiger partial charge is 0.389 e. The molecule has 0 unspecified atom stereocenters. The van der Waals surface area contributed by atoms with Crippen molar-refractivity contribution in [2.45, 2.75) is 44.2 Å². The molecule has 0 aromatic heterocycles. The third-order valence-corrected chi connectivity index (χ3v) is 2.93. The van der Waals surface area contributed by atoms with Gasteiger partial charge >= 0.3 is 0 Å². The smallest absolute Gasteiger partial charge is 0.158 e. The SMILES string of the molecule is O[C@@H]1C=C(CCC2OCCO2)[C@H](O)CC1. The molecule has 1 heterocycles. The fourth-order valence-corrected chi connectivity index (χ4v) is 2.06. The first kappa shape index (κ1) is 11.1. The Morgan fingerprint density at radius 1 is 1.20 bits per heavy atom. The van der Waals surface area contributed by atoms with Crippen molar-refractivity contribution in [1.82, 2.24) is 0 Å². The molecule has 86 valence electrons. The van der Waals surface area contributed by atoms with E-state index in [1.807, 2.05) is 0 Å². The Hall–Kier alpha value is -0.420. The predicted molar refractivity (Wildman–Crippen MR) is 54.3 cm³/mol. The molecule has 1 fully saturated rings. The standard InChI is InChI=1S/C11H18O4/c12-9-2-3-10(13)8(7-9)1-4-11-14-5-6-15-11/h7,9-13H,1-6H2/t9-,10+/m0/s1. The third kappa shape index (κ3) is 3.01. The minimum atomic E-state index is -0.395. The minimum Gasteiger partial charge on any atom is -0.389 e. The maximum absolute atomic E-state index is 9.70. The Morgan fingerprint density at radius 3 is 2.67 bits per heavy atom. The van der Waals surface area contributed by atoms with Gasteiger partial charge in [0.2, 0.25) is 0 Å². The van der Waals surface area contributed by atoms with Gasteiger partial charge in [0, 0.05) is 6.42 Å². The van der Waals surface area contributed by atoms with E-state index in [1.54, 1.807) is 6.08 Å². The molecule has 15 heavy (non-hydrogen) atoms. The zero-order chi connectivity index (χ0) is 10.7. The highest BCUT2D eigenvalue weighted by atomic mass is 16.7. The molecule has 1 aliphatic carbocycles. The summed E-state index contributed by atoms with van der Waals surface area (Å²) in [4.78, 5) is 0. The summed E-state index contributed by atoms with van der Waals surface area (Å²) < 4.78 is 10.6. The maximum atomic E-state index is 9.70. The fourth-order valence-electron chi connectivity index (χ4n) is 2.06. The van der Waals surface area contributed by atoms with Crippen LogP contribution >= 0.6 is 0 Å². The molecule has 0 amide bonds. The van der Waals surface area contributed by atoms with Crippen LogP contribution in [0.3, 0.4) is 0 Å². The lowest BCUT2D eigenvalue weighted by atomic mass is 9.91. The highest BCUT2D eigenvalue weighted by molar-refractivity contribution is 5.14. The first-order chi connectivity index (χ1) is 7.25. The molecule has 2 rings (SSSR count). The normalized spacial score (nSPS) is 33.1. The maximum Gasteiger partial charge on any atom is 0.158 e. The summed E-state index contributed by atoms with van der Waals surface area (Å²) in [6.45, 7) is 1.32. The van der Waals surface area contributed by atoms with Crippen LogP contribution in [0, 0.1) is 0 Å². The van der Waals surface area contributed by atoms with Crippen LogP contribution in [0.15, 0.2) is 11.6 Å². The zero-order valence-corrected chi connectivity index (χ0v) is 8.76. The van der Waals surface area contributed by atoms with Crippen molar-refractivity contribution in [3.05, 3.63) is 11.6 Å². The van der Waals surface area contributed by atoms with Crippen molar-refractivity contribution >= 4 is 0 Å². The molecular formula is C11H18O4. The highest BCUT2D eigenvalue weighted by Crippen LogP contribution is 2.24. The van der Waals surface area contributed by atoms with Crippen LogP contribution in [0.1, 0.15) is 25.7 Å². The summed E-state index contributed by atoms with van der Waals surface area (Å²) in [6.07, 6.45) is 3.66. The number of hydrogen-bond acceptors (Lipinski definition) is 4. The van der Waals surface area contributed by atoms with Gasteiger partial charge in [0.25, 0.3) is 0 Å². The van der Waals surface area contributed by atoms with Crippen LogP contribution in [0.4, 0.5) is 0 Å². The number of ether oxygens (including phenoxy) is 2. The summed E-state index contributed by atoms with van der Waals surface area (Å²) in [5.74, 6) is 0. The van der Waals surface area contributed by atoms with Gasteiger partial charge in [-0.05, 0) is 24.8 Å². The first-order valence-electron chi connectivity index (χ1n) is 5.55. The van der Waals surface area contributed by atoms with Gasteiger partial charge in [-0.3, -0.25) is 0 Å². The van der Waals surface area contributed by atoms with E-state index in [4.69, 9.17) is 9.47 Å². The second-order valence-electron chi connectivity index (χ2n) is 4.11. The van der Waals surface area contributed by atoms with Gasteiger partial charge in [0.05, 0.1) is 25.4 Å². The molecule has 0 saturated carbocycles. The molecule has 0 spiro atoms. The number of aliphatic hydroxyl groups excluding tert-OH is 2. The van der Waals surface area contributed by atoms with E-state index in [0.29, 0.717) is 26.1 Å². The first-order valence-corrected chi connectivity index (χ1v) is 5.55. The van der Waals surface area contributed by atoms with Crippen LogP contribution in [0.25, 0.3) is 0 Å². The topological polar surface area (TPSA) is 58.9 Å². The van der Waals surface area contributed by atoms with E-state index in [0.717, 1.165) is 18.4 Å². The lowest BCUT2D eigenvalue weighted by Crippen LogP contribution is -2.22. The Bertz CT molecular complexity index is 233. The summed E-state index contributed by atoms with van der Waals surface area (Å²) in [5, 5.41) is 19.1. The van der Waals surface area contributed by atoms with E-state index in [9.17, 15) is 10.2 Å². The lowest BCUT2D eigenvalue weighted by molar-refractivity contribution is -0.0471. The molecular weight excluding hydrogens is 196 g/mol. The predicted octanol–water partition coefficient (Wildman–Crippen LogP) is 0.581. The van der Waals surface area contributed by atoms with Crippen molar-refractivity contribution in [3.8, 4) is 0 Å². The second-order valence-corrected chi connectivity index (χ2v) is 4.11. The molecule has 0 aromatic carbocycles. The molecule has 4 heteroatoms. The van der Waals surface area contributed by atoms with Crippen molar-refractivity contribution in [2.75, 3.05) is 13.2 Å². The summed E-state index contributed by atoms with van der Waals surface area (Å²) in [5.41, 5.74) is 0.924. The van der Waals surface area contributed by atoms with Crippen molar-refractivity contribution < 1.29 is 19.7 Å². The average Bonchev–Trinajstić information content (AvgIpc) is 2.72. The van der Waals surface area contributed by atoms with Crippen LogP contribution in [0.2, 0.25) is 0 Å². The van der Waals surface area contributed by atoms with E-state index in [2.05, 4.69) is 0 Å². The van der Waals surface area contributed by atoms with Crippen LogP contribution < -0.4 is 0 Å². The number of rotatable bonds is 3.